The summed E-state index contributed by atoms with van der Waals surface area (Å²) < 4.78 is 61.4. The quantitative estimate of drug-likeness (QED) is 0.0291. The molecular weight excluding hydrogens is 1050 g/mol. The number of fused-ring (bicyclic) bond motifs is 2. The number of ether oxygens (including phenoxy) is 6. The van der Waals surface area contributed by atoms with Crippen LogP contribution in [0.25, 0.3) is 10.9 Å². The highest BCUT2D eigenvalue weighted by Gasteiger charge is 2.45. The van der Waals surface area contributed by atoms with E-state index in [1.54, 1.807) is 18.2 Å². The lowest BCUT2D eigenvalue weighted by Gasteiger charge is -2.36. The molecule has 9 rings (SSSR count). The molecule has 24 heteroatoms. The minimum absolute atomic E-state index is 0.0499. The van der Waals surface area contributed by atoms with Gasteiger partial charge in [-0.05, 0) is 91.4 Å². The molecule has 0 aliphatic carbocycles. The number of piperazine rings is 1. The second kappa shape index (κ2) is 28.8. The molecule has 6 N–H and O–H groups in total. The van der Waals surface area contributed by atoms with Gasteiger partial charge in [-0.15, -0.1) is 0 Å². The fourth-order valence-electron chi connectivity index (χ4n) is 10.1. The second-order valence-corrected chi connectivity index (χ2v) is 19.9. The van der Waals surface area contributed by atoms with Gasteiger partial charge in [-0.1, -0.05) is 12.1 Å². The topological polar surface area (TPSA) is 256 Å². The zero-order valence-corrected chi connectivity index (χ0v) is 45.0. The van der Waals surface area contributed by atoms with Gasteiger partial charge >= 0.3 is 0 Å². The molecule has 0 bridgehead atoms. The predicted octanol–water partition coefficient (Wildman–Crippen LogP) is 4.11. The van der Waals surface area contributed by atoms with Gasteiger partial charge in [0.05, 0.1) is 94.8 Å². The Labute approximate surface area is 466 Å². The maximum atomic E-state index is 14.0. The molecule has 432 valence electrons. The normalized spacial score (nSPS) is 16.9. The molecule has 3 saturated heterocycles. The van der Waals surface area contributed by atoms with Crippen molar-refractivity contribution in [3.05, 3.63) is 112 Å². The Kier molecular flexibility index (Phi) is 20.7. The Bertz CT molecular complexity index is 3000. The Hall–Kier alpha value is -7.45. The van der Waals surface area contributed by atoms with Crippen molar-refractivity contribution in [3.63, 3.8) is 0 Å². The summed E-state index contributed by atoms with van der Waals surface area (Å²) in [5.74, 6) is -3.60. The first kappa shape index (κ1) is 58.2. The van der Waals surface area contributed by atoms with E-state index in [2.05, 4.69) is 46.6 Å². The highest BCUT2D eigenvalue weighted by atomic mass is 19.1. The van der Waals surface area contributed by atoms with Crippen molar-refractivity contribution in [2.24, 2.45) is 0 Å². The number of nitrogens with zero attached hydrogens (tertiary/aromatic N) is 4. The lowest BCUT2D eigenvalue weighted by atomic mass is 10.0. The maximum Gasteiger partial charge on any atom is 0.264 e. The summed E-state index contributed by atoms with van der Waals surface area (Å²) in [7, 11) is 0. The Morgan fingerprint density at radius 1 is 0.704 bits per heavy atom. The summed E-state index contributed by atoms with van der Waals surface area (Å²) in [5.41, 5.74) is 4.95. The summed E-state index contributed by atoms with van der Waals surface area (Å²) >= 11 is 0. The van der Waals surface area contributed by atoms with Crippen LogP contribution in [0.2, 0.25) is 0 Å². The molecule has 0 saturated carbocycles. The van der Waals surface area contributed by atoms with E-state index in [4.69, 9.17) is 28.4 Å². The van der Waals surface area contributed by atoms with E-state index < -0.39 is 41.3 Å². The van der Waals surface area contributed by atoms with Crippen LogP contribution in [0, 0.1) is 11.6 Å². The van der Waals surface area contributed by atoms with Crippen LogP contribution >= 0.6 is 0 Å². The highest BCUT2D eigenvalue weighted by Crippen LogP contribution is 2.33. The highest BCUT2D eigenvalue weighted by molar-refractivity contribution is 6.25. The van der Waals surface area contributed by atoms with Crippen molar-refractivity contribution in [2.45, 2.75) is 44.2 Å². The summed E-state index contributed by atoms with van der Waals surface area (Å²) in [6, 6.07) is 18.7. The standard InChI is InChI=1S/C57H68F2N10O12/c58-39-31-38(32-40(59)34-39)30-37-4-7-46-45(33-37)53(66-65-46)64-54(72)43-6-5-42(35-48(43)62-41-10-18-76-19-11-41)68-16-14-67(15-17-68)36-51(71)61-13-21-78-23-25-80-27-29-81-28-26-79-24-22-77-20-12-60-47-3-1-2-44-52(47)57(75)69(56(44)74)49-8-9-50(70)63-55(49)73/h1-7,31-35,41,49,60,62H,8-30,36H2,(H,61,71)(H,63,70,73)(H2,64,65,66,72). The molecular formula is C57H68F2N10O12. The first-order valence-corrected chi connectivity index (χ1v) is 27.4. The number of rotatable bonds is 29. The van der Waals surface area contributed by atoms with Gasteiger partial charge < -0.3 is 54.6 Å². The van der Waals surface area contributed by atoms with Crippen molar-refractivity contribution in [1.29, 1.82) is 0 Å². The number of carbonyl (C=O) groups excluding carboxylic acids is 6. The van der Waals surface area contributed by atoms with E-state index in [1.807, 2.05) is 36.4 Å². The maximum absolute atomic E-state index is 14.0. The molecule has 5 heterocycles. The molecule has 5 aromatic rings. The van der Waals surface area contributed by atoms with Crippen LogP contribution in [-0.2, 0) is 49.2 Å². The predicted molar refractivity (Wildman–Crippen MR) is 294 cm³/mol. The van der Waals surface area contributed by atoms with Crippen molar-refractivity contribution < 1.29 is 66.0 Å². The number of carbonyl (C=O) groups is 6. The van der Waals surface area contributed by atoms with Crippen LogP contribution in [-0.4, -0.2) is 193 Å². The first-order valence-electron chi connectivity index (χ1n) is 27.4. The van der Waals surface area contributed by atoms with E-state index in [0.29, 0.717) is 164 Å². The van der Waals surface area contributed by atoms with Crippen LogP contribution in [0.3, 0.4) is 0 Å². The summed E-state index contributed by atoms with van der Waals surface area (Å²) in [6.45, 7) is 8.63. The number of amides is 6. The molecule has 3 fully saturated rings. The van der Waals surface area contributed by atoms with Crippen LogP contribution in [0.5, 0.6) is 0 Å². The van der Waals surface area contributed by atoms with Crippen molar-refractivity contribution >= 4 is 69.2 Å². The van der Waals surface area contributed by atoms with Gasteiger partial charge in [0.1, 0.15) is 17.7 Å². The molecule has 6 amide bonds. The molecule has 4 aliphatic rings. The number of hydrogen-bond acceptors (Lipinski definition) is 17. The van der Waals surface area contributed by atoms with Crippen molar-refractivity contribution in [2.75, 3.05) is 146 Å². The molecule has 1 atom stereocenters. The molecule has 4 aromatic carbocycles. The smallest absolute Gasteiger partial charge is 0.264 e. The monoisotopic (exact) mass is 1120 g/mol. The largest absolute Gasteiger partial charge is 0.382 e. The number of H-pyrrole nitrogens is 1. The van der Waals surface area contributed by atoms with Crippen LogP contribution in [0.4, 0.5) is 31.7 Å². The lowest BCUT2D eigenvalue weighted by Crippen LogP contribution is -2.54. The fourth-order valence-corrected chi connectivity index (χ4v) is 10.1. The summed E-state index contributed by atoms with van der Waals surface area (Å²) in [5, 5.41) is 22.9. The Balaban J connectivity index is 0.596. The van der Waals surface area contributed by atoms with Gasteiger partial charge in [0.25, 0.3) is 17.7 Å². The van der Waals surface area contributed by atoms with Gasteiger partial charge in [-0.25, -0.2) is 8.78 Å². The van der Waals surface area contributed by atoms with E-state index in [1.165, 1.54) is 12.1 Å². The number of imide groups is 2. The number of piperidine rings is 1. The van der Waals surface area contributed by atoms with Crippen LogP contribution in [0.1, 0.15) is 67.9 Å². The summed E-state index contributed by atoms with van der Waals surface area (Å²) in [6.07, 6.45) is 2.03. The Morgan fingerprint density at radius 3 is 2.07 bits per heavy atom. The number of anilines is 4. The Morgan fingerprint density at radius 2 is 1.38 bits per heavy atom. The minimum atomic E-state index is -1.03. The van der Waals surface area contributed by atoms with E-state index in [0.717, 1.165) is 35.1 Å². The van der Waals surface area contributed by atoms with Gasteiger partial charge in [0, 0.05) is 93.5 Å². The third kappa shape index (κ3) is 15.9. The fraction of sp³-hybridized carbons (Fsp3) is 0.456. The average Bonchev–Trinajstić information content (AvgIpc) is 4.04. The van der Waals surface area contributed by atoms with Crippen molar-refractivity contribution in [1.82, 2.24) is 30.6 Å². The van der Waals surface area contributed by atoms with E-state index >= 15 is 0 Å². The number of benzene rings is 4. The number of aromatic amines is 1. The number of halogens is 2. The molecule has 81 heavy (non-hydrogen) atoms. The van der Waals surface area contributed by atoms with Gasteiger partial charge in [-0.3, -0.25) is 49.0 Å². The van der Waals surface area contributed by atoms with E-state index in [-0.39, 0.29) is 48.4 Å². The third-order valence-corrected chi connectivity index (χ3v) is 14.2. The number of hydrogen-bond donors (Lipinski definition) is 6. The molecule has 0 radical (unpaired) electrons. The molecule has 1 aromatic heterocycles. The number of nitrogens with one attached hydrogen (secondary N) is 6. The van der Waals surface area contributed by atoms with Crippen LogP contribution in [0.15, 0.2) is 72.8 Å². The second-order valence-electron chi connectivity index (χ2n) is 19.9. The zero-order valence-electron chi connectivity index (χ0n) is 45.0. The first-order chi connectivity index (χ1) is 39.5. The van der Waals surface area contributed by atoms with Gasteiger partial charge in [0.15, 0.2) is 5.82 Å². The third-order valence-electron chi connectivity index (χ3n) is 14.2. The molecule has 4 aliphatic heterocycles. The minimum Gasteiger partial charge on any atom is -0.382 e. The molecule has 22 nitrogen and oxygen atoms in total. The van der Waals surface area contributed by atoms with E-state index in [9.17, 15) is 37.5 Å². The SMILES string of the molecule is O=C(CN1CCN(c2ccc(C(=O)Nc3n[nH]c4ccc(Cc5cc(F)cc(F)c5)cc34)c(NC3CCOCC3)c2)CC1)NCCOCCOCCOCCOCCOCCNc1cccc2c1C(=O)N(C1CCC(=O)NC1=O)C2=O. The summed E-state index contributed by atoms with van der Waals surface area (Å²) in [4.78, 5) is 82.4. The van der Waals surface area contributed by atoms with Gasteiger partial charge in [-0.2, -0.15) is 5.10 Å². The van der Waals surface area contributed by atoms with Crippen LogP contribution < -0.4 is 31.5 Å². The molecule has 0 spiro atoms. The average molecular weight is 1120 g/mol. The number of aromatic nitrogens is 2. The van der Waals surface area contributed by atoms with Crippen molar-refractivity contribution in [3.8, 4) is 0 Å². The zero-order chi connectivity index (χ0) is 56.5. The molecule has 1 unspecified atom stereocenters. The lowest BCUT2D eigenvalue weighted by molar-refractivity contribution is -0.136. The van der Waals surface area contributed by atoms with Gasteiger partial charge in [0.2, 0.25) is 17.7 Å².